The van der Waals surface area contributed by atoms with Crippen molar-refractivity contribution in [3.8, 4) is 0 Å². The van der Waals surface area contributed by atoms with E-state index in [0.29, 0.717) is 6.04 Å². The summed E-state index contributed by atoms with van der Waals surface area (Å²) in [5.74, 6) is 0. The van der Waals surface area contributed by atoms with E-state index in [0.717, 1.165) is 6.54 Å². The van der Waals surface area contributed by atoms with E-state index in [1.165, 1.54) is 27.4 Å². The number of nitrogens with one attached hydrogen (secondary N) is 2. The molecule has 2 aromatic carbocycles. The van der Waals surface area contributed by atoms with E-state index in [4.69, 9.17) is 0 Å². The average molecular weight is 238 g/mol. The van der Waals surface area contributed by atoms with Crippen LogP contribution in [0.5, 0.6) is 0 Å². The molecular weight excluding hydrogens is 220 g/mol. The number of rotatable bonds is 3. The van der Waals surface area contributed by atoms with E-state index < -0.39 is 0 Å². The Bertz CT molecular complexity index is 680. The van der Waals surface area contributed by atoms with Gasteiger partial charge in [0.1, 0.15) is 0 Å². The van der Waals surface area contributed by atoms with Crippen molar-refractivity contribution in [1.82, 2.24) is 10.3 Å². The summed E-state index contributed by atoms with van der Waals surface area (Å²) >= 11 is 0. The van der Waals surface area contributed by atoms with Gasteiger partial charge in [0.15, 0.2) is 0 Å². The molecule has 0 fully saturated rings. The number of para-hydroxylation sites is 1. The molecule has 3 aromatic rings. The fourth-order valence-corrected chi connectivity index (χ4v) is 2.44. The first-order valence-electron chi connectivity index (χ1n) is 6.47. The minimum absolute atomic E-state index is 0.505. The van der Waals surface area contributed by atoms with Gasteiger partial charge < -0.3 is 10.3 Å². The Morgan fingerprint density at radius 1 is 1.00 bits per heavy atom. The Morgan fingerprint density at radius 2 is 1.78 bits per heavy atom. The second-order valence-corrected chi connectivity index (χ2v) is 5.05. The summed E-state index contributed by atoms with van der Waals surface area (Å²) in [7, 11) is 0. The summed E-state index contributed by atoms with van der Waals surface area (Å²) in [6.45, 7) is 5.27. The van der Waals surface area contributed by atoms with Gasteiger partial charge in [0.25, 0.3) is 0 Å². The molecule has 2 heteroatoms. The van der Waals surface area contributed by atoms with Crippen molar-refractivity contribution in [2.45, 2.75) is 26.4 Å². The van der Waals surface area contributed by atoms with Crippen molar-refractivity contribution in [2.75, 3.05) is 0 Å². The highest BCUT2D eigenvalue weighted by Gasteiger charge is 2.07. The van der Waals surface area contributed by atoms with Gasteiger partial charge in [0.05, 0.1) is 0 Å². The molecule has 2 N–H and O–H groups in total. The van der Waals surface area contributed by atoms with Gasteiger partial charge in [-0.05, 0) is 17.7 Å². The molecule has 0 bridgehead atoms. The van der Waals surface area contributed by atoms with Gasteiger partial charge >= 0.3 is 0 Å². The summed E-state index contributed by atoms with van der Waals surface area (Å²) in [6, 6.07) is 15.5. The molecule has 0 amide bonds. The highest BCUT2D eigenvalue weighted by Crippen LogP contribution is 2.28. The van der Waals surface area contributed by atoms with Gasteiger partial charge in [-0.15, -0.1) is 0 Å². The van der Waals surface area contributed by atoms with Crippen LogP contribution in [0.15, 0.2) is 42.5 Å². The first-order chi connectivity index (χ1) is 8.75. The third kappa shape index (κ3) is 1.89. The minimum atomic E-state index is 0.505. The van der Waals surface area contributed by atoms with E-state index in [9.17, 15) is 0 Å². The Morgan fingerprint density at radius 3 is 2.61 bits per heavy atom. The van der Waals surface area contributed by atoms with Crippen molar-refractivity contribution in [1.29, 1.82) is 0 Å². The Kier molecular flexibility index (Phi) is 2.80. The molecular formula is C16H18N2. The van der Waals surface area contributed by atoms with E-state index in [1.54, 1.807) is 0 Å². The van der Waals surface area contributed by atoms with Crippen LogP contribution in [0.2, 0.25) is 0 Å². The fraction of sp³-hybridized carbons (Fsp3) is 0.250. The number of fused-ring (bicyclic) bond motifs is 3. The zero-order valence-electron chi connectivity index (χ0n) is 10.8. The monoisotopic (exact) mass is 238 g/mol. The lowest BCUT2D eigenvalue weighted by Crippen LogP contribution is -2.21. The molecule has 1 aromatic heterocycles. The van der Waals surface area contributed by atoms with Crippen LogP contribution in [0.25, 0.3) is 21.8 Å². The standard InChI is InChI=1S/C16H18N2/c1-11(2)17-10-12-6-5-9-15-16(12)13-7-3-4-8-14(13)18-15/h3-9,11,17-18H,10H2,1-2H3. The summed E-state index contributed by atoms with van der Waals surface area (Å²) in [5, 5.41) is 6.16. The van der Waals surface area contributed by atoms with Gasteiger partial charge in [-0.25, -0.2) is 0 Å². The van der Waals surface area contributed by atoms with Gasteiger partial charge in [-0.2, -0.15) is 0 Å². The summed E-state index contributed by atoms with van der Waals surface area (Å²) in [5.41, 5.74) is 3.79. The van der Waals surface area contributed by atoms with Crippen molar-refractivity contribution in [3.05, 3.63) is 48.0 Å². The molecule has 92 valence electrons. The lowest BCUT2D eigenvalue weighted by Gasteiger charge is -2.09. The second kappa shape index (κ2) is 4.46. The maximum Gasteiger partial charge on any atom is 0.0468 e. The molecule has 0 aliphatic rings. The summed E-state index contributed by atoms with van der Waals surface area (Å²) < 4.78 is 0. The third-order valence-electron chi connectivity index (χ3n) is 3.32. The molecule has 0 saturated carbocycles. The van der Waals surface area contributed by atoms with E-state index in [2.05, 4.69) is 66.6 Å². The Balaban J connectivity index is 2.18. The molecule has 1 heterocycles. The van der Waals surface area contributed by atoms with Crippen molar-refractivity contribution < 1.29 is 0 Å². The van der Waals surface area contributed by atoms with E-state index >= 15 is 0 Å². The Labute approximate surface area is 107 Å². The number of aromatic nitrogens is 1. The third-order valence-corrected chi connectivity index (χ3v) is 3.32. The van der Waals surface area contributed by atoms with Gasteiger partial charge in [0, 0.05) is 34.4 Å². The largest absolute Gasteiger partial charge is 0.355 e. The van der Waals surface area contributed by atoms with Gasteiger partial charge in [-0.3, -0.25) is 0 Å². The molecule has 3 rings (SSSR count). The summed E-state index contributed by atoms with van der Waals surface area (Å²) in [4.78, 5) is 3.48. The van der Waals surface area contributed by atoms with Crippen molar-refractivity contribution in [2.24, 2.45) is 0 Å². The number of aromatic amines is 1. The van der Waals surface area contributed by atoms with Crippen LogP contribution in [-0.4, -0.2) is 11.0 Å². The lowest BCUT2D eigenvalue weighted by molar-refractivity contribution is 0.591. The maximum absolute atomic E-state index is 3.49. The highest BCUT2D eigenvalue weighted by molar-refractivity contribution is 6.08. The maximum atomic E-state index is 3.49. The number of hydrogen-bond acceptors (Lipinski definition) is 1. The molecule has 0 atom stereocenters. The van der Waals surface area contributed by atoms with Crippen LogP contribution in [0, 0.1) is 0 Å². The van der Waals surface area contributed by atoms with Gasteiger partial charge in [-0.1, -0.05) is 44.2 Å². The number of H-pyrrole nitrogens is 1. The van der Waals surface area contributed by atoms with Crippen molar-refractivity contribution in [3.63, 3.8) is 0 Å². The van der Waals surface area contributed by atoms with Crippen LogP contribution in [0.4, 0.5) is 0 Å². The quantitative estimate of drug-likeness (QED) is 0.713. The number of benzene rings is 2. The molecule has 18 heavy (non-hydrogen) atoms. The smallest absolute Gasteiger partial charge is 0.0468 e. The summed E-state index contributed by atoms with van der Waals surface area (Å²) in [6.07, 6.45) is 0. The molecule has 0 radical (unpaired) electrons. The van der Waals surface area contributed by atoms with E-state index in [-0.39, 0.29) is 0 Å². The fourth-order valence-electron chi connectivity index (χ4n) is 2.44. The molecule has 0 aliphatic heterocycles. The van der Waals surface area contributed by atoms with Crippen LogP contribution in [-0.2, 0) is 6.54 Å². The van der Waals surface area contributed by atoms with E-state index in [1.807, 2.05) is 0 Å². The lowest BCUT2D eigenvalue weighted by atomic mass is 10.1. The Hall–Kier alpha value is -1.80. The highest BCUT2D eigenvalue weighted by atomic mass is 14.9. The predicted molar refractivity (Wildman–Crippen MR) is 77.8 cm³/mol. The average Bonchev–Trinajstić information content (AvgIpc) is 2.75. The van der Waals surface area contributed by atoms with Crippen molar-refractivity contribution >= 4 is 21.8 Å². The molecule has 0 spiro atoms. The molecule has 0 aliphatic carbocycles. The normalized spacial score (nSPS) is 11.7. The first kappa shape index (κ1) is 11.3. The van der Waals surface area contributed by atoms with Crippen LogP contribution in [0.1, 0.15) is 19.4 Å². The molecule has 2 nitrogen and oxygen atoms in total. The minimum Gasteiger partial charge on any atom is -0.355 e. The topological polar surface area (TPSA) is 27.8 Å². The van der Waals surface area contributed by atoms with Gasteiger partial charge in [0.2, 0.25) is 0 Å². The SMILES string of the molecule is CC(C)NCc1cccc2[nH]c3ccccc3c12. The number of hydrogen-bond donors (Lipinski definition) is 2. The van der Waals surface area contributed by atoms with Crippen LogP contribution < -0.4 is 5.32 Å². The van der Waals surface area contributed by atoms with Crippen LogP contribution >= 0.6 is 0 Å². The zero-order chi connectivity index (χ0) is 12.5. The predicted octanol–water partition coefficient (Wildman–Crippen LogP) is 3.82. The molecule has 0 saturated heterocycles. The second-order valence-electron chi connectivity index (χ2n) is 5.05. The zero-order valence-corrected chi connectivity index (χ0v) is 10.8. The molecule has 0 unspecified atom stereocenters. The first-order valence-corrected chi connectivity index (χ1v) is 6.47. The van der Waals surface area contributed by atoms with Crippen LogP contribution in [0.3, 0.4) is 0 Å².